The number of pyridine rings is 1. The zero-order valence-corrected chi connectivity index (χ0v) is 24.5. The summed E-state index contributed by atoms with van der Waals surface area (Å²) in [6, 6.07) is 13.2. The van der Waals surface area contributed by atoms with Gasteiger partial charge in [-0.05, 0) is 77.9 Å². The third-order valence-electron chi connectivity index (χ3n) is 6.01. The first-order valence-electron chi connectivity index (χ1n) is 13.0. The highest BCUT2D eigenvalue weighted by Gasteiger charge is 2.36. The number of anilines is 1. The fraction of sp³-hybridized carbons (Fsp3) is 0.233. The summed E-state index contributed by atoms with van der Waals surface area (Å²) in [5.74, 6) is -0.869. The predicted molar refractivity (Wildman–Crippen MR) is 160 cm³/mol. The minimum atomic E-state index is -0.622. The molecule has 1 aromatic heterocycles. The van der Waals surface area contributed by atoms with Gasteiger partial charge in [0.2, 0.25) is 5.91 Å². The van der Waals surface area contributed by atoms with Gasteiger partial charge in [-0.2, -0.15) is 0 Å². The minimum Gasteiger partial charge on any atom is -0.493 e. The SMILES string of the molecule is CCCCOC(=O)c1cc(NC(=O)CN2C(=O)S/C(=C/c3ccc(OCc4ccncc4)c(OC)c3)C2=O)ccc1Cl. The highest BCUT2D eigenvalue weighted by Crippen LogP contribution is 2.35. The standard InChI is InChI=1S/C30H28ClN3O7S/c1-3-4-13-40-29(37)22-16-21(6-7-23(22)31)33-27(35)17-34-28(36)26(42-30(34)38)15-20-5-8-24(25(14-20)39-2)41-18-19-9-11-32-12-10-19/h5-12,14-16H,3-4,13,17-18H2,1-2H3,(H,33,35)/b26-15+. The monoisotopic (exact) mass is 609 g/mol. The van der Waals surface area contributed by atoms with Crippen LogP contribution in [-0.2, 0) is 20.9 Å². The summed E-state index contributed by atoms with van der Waals surface area (Å²) in [5, 5.41) is 2.19. The van der Waals surface area contributed by atoms with Crippen LogP contribution < -0.4 is 14.8 Å². The van der Waals surface area contributed by atoms with E-state index in [1.165, 1.54) is 25.3 Å². The van der Waals surface area contributed by atoms with Crippen LogP contribution in [0.3, 0.4) is 0 Å². The van der Waals surface area contributed by atoms with Gasteiger partial charge in [-0.3, -0.25) is 24.3 Å². The molecular weight excluding hydrogens is 582 g/mol. The van der Waals surface area contributed by atoms with E-state index < -0.39 is 29.6 Å². The Hall–Kier alpha value is -4.35. The number of methoxy groups -OCH3 is 1. The molecule has 0 spiro atoms. The molecule has 0 unspecified atom stereocenters. The third kappa shape index (κ3) is 7.89. The van der Waals surface area contributed by atoms with Crippen LogP contribution in [-0.4, -0.2) is 53.2 Å². The zero-order chi connectivity index (χ0) is 30.1. The maximum absolute atomic E-state index is 13.0. The first-order valence-corrected chi connectivity index (χ1v) is 14.2. The Bertz CT molecular complexity index is 1510. The van der Waals surface area contributed by atoms with Crippen LogP contribution >= 0.6 is 23.4 Å². The van der Waals surface area contributed by atoms with Gasteiger partial charge < -0.3 is 19.5 Å². The van der Waals surface area contributed by atoms with Gasteiger partial charge in [0.15, 0.2) is 11.5 Å². The van der Waals surface area contributed by atoms with Crippen LogP contribution in [0.2, 0.25) is 5.02 Å². The number of aromatic nitrogens is 1. The fourth-order valence-corrected chi connectivity index (χ4v) is 4.84. The highest BCUT2D eigenvalue weighted by atomic mass is 35.5. The summed E-state index contributed by atoms with van der Waals surface area (Å²) in [6.07, 6.45) is 6.48. The van der Waals surface area contributed by atoms with Crippen LogP contribution in [0.25, 0.3) is 6.08 Å². The summed E-state index contributed by atoms with van der Waals surface area (Å²) < 4.78 is 16.5. The molecule has 4 rings (SSSR count). The van der Waals surface area contributed by atoms with E-state index in [4.69, 9.17) is 25.8 Å². The number of nitrogens with zero attached hydrogens (tertiary/aromatic N) is 2. The number of benzene rings is 2. The lowest BCUT2D eigenvalue weighted by molar-refractivity contribution is -0.127. The van der Waals surface area contributed by atoms with Crippen LogP contribution in [0.1, 0.15) is 41.3 Å². The predicted octanol–water partition coefficient (Wildman–Crippen LogP) is 5.95. The maximum Gasteiger partial charge on any atom is 0.339 e. The first-order chi connectivity index (χ1) is 20.3. The van der Waals surface area contributed by atoms with Crippen LogP contribution in [0.5, 0.6) is 11.5 Å². The summed E-state index contributed by atoms with van der Waals surface area (Å²) in [4.78, 5) is 55.6. The molecule has 2 aromatic carbocycles. The van der Waals surface area contributed by atoms with Gasteiger partial charge in [0.25, 0.3) is 11.1 Å². The molecule has 0 aliphatic carbocycles. The second-order valence-electron chi connectivity index (χ2n) is 9.05. The van der Waals surface area contributed by atoms with E-state index in [1.807, 2.05) is 19.1 Å². The average Bonchev–Trinajstić information content (AvgIpc) is 3.25. The molecule has 2 heterocycles. The van der Waals surface area contributed by atoms with E-state index in [2.05, 4.69) is 10.3 Å². The van der Waals surface area contributed by atoms with E-state index in [0.717, 1.165) is 28.6 Å². The van der Waals surface area contributed by atoms with Gasteiger partial charge in [-0.1, -0.05) is 31.0 Å². The van der Waals surface area contributed by atoms with Crippen molar-refractivity contribution in [2.75, 3.05) is 25.6 Å². The number of thioether (sulfide) groups is 1. The molecular formula is C30H28ClN3O7S. The second-order valence-corrected chi connectivity index (χ2v) is 10.5. The second kappa shape index (κ2) is 14.5. The van der Waals surface area contributed by atoms with E-state index in [1.54, 1.807) is 36.7 Å². The van der Waals surface area contributed by atoms with E-state index >= 15 is 0 Å². The quantitative estimate of drug-likeness (QED) is 0.151. The Labute approximate surface area is 252 Å². The van der Waals surface area contributed by atoms with Crippen molar-refractivity contribution >= 4 is 58.1 Å². The van der Waals surface area contributed by atoms with Gasteiger partial charge in [0.1, 0.15) is 13.2 Å². The molecule has 218 valence electrons. The summed E-state index contributed by atoms with van der Waals surface area (Å²) in [6.45, 7) is 2.04. The molecule has 3 amide bonds. The molecule has 12 heteroatoms. The number of esters is 1. The number of rotatable bonds is 12. The van der Waals surface area contributed by atoms with E-state index in [0.29, 0.717) is 30.1 Å². The maximum atomic E-state index is 13.0. The molecule has 42 heavy (non-hydrogen) atoms. The molecule has 1 aliphatic rings. The smallest absolute Gasteiger partial charge is 0.339 e. The molecule has 0 atom stereocenters. The summed E-state index contributed by atoms with van der Waals surface area (Å²) in [5.41, 5.74) is 1.92. The molecule has 1 aliphatic heterocycles. The number of hydrogen-bond donors (Lipinski definition) is 1. The van der Waals surface area contributed by atoms with Crippen molar-refractivity contribution in [2.45, 2.75) is 26.4 Å². The van der Waals surface area contributed by atoms with E-state index in [-0.39, 0.29) is 27.8 Å². The van der Waals surface area contributed by atoms with E-state index in [9.17, 15) is 19.2 Å². The number of unbranched alkanes of at least 4 members (excludes halogenated alkanes) is 1. The first kappa shape index (κ1) is 30.6. The average molecular weight is 610 g/mol. The lowest BCUT2D eigenvalue weighted by Gasteiger charge is -2.13. The number of imide groups is 1. The Morgan fingerprint density at radius 1 is 1.07 bits per heavy atom. The largest absolute Gasteiger partial charge is 0.493 e. The van der Waals surface area contributed by atoms with Crippen LogP contribution in [0.15, 0.2) is 65.8 Å². The molecule has 1 fully saturated rings. The number of hydrogen-bond acceptors (Lipinski definition) is 9. The normalized spacial score (nSPS) is 13.8. The number of halogens is 1. The number of ether oxygens (including phenoxy) is 3. The number of carbonyl (C=O) groups excluding carboxylic acids is 4. The lowest BCUT2D eigenvalue weighted by atomic mass is 10.2. The highest BCUT2D eigenvalue weighted by molar-refractivity contribution is 8.18. The van der Waals surface area contributed by atoms with Crippen molar-refractivity contribution in [1.29, 1.82) is 0 Å². The van der Waals surface area contributed by atoms with Crippen molar-refractivity contribution in [2.24, 2.45) is 0 Å². The van der Waals surface area contributed by atoms with Crippen molar-refractivity contribution < 1.29 is 33.4 Å². The van der Waals surface area contributed by atoms with Gasteiger partial charge >= 0.3 is 5.97 Å². The number of nitrogens with one attached hydrogen (secondary N) is 1. The minimum absolute atomic E-state index is 0.101. The summed E-state index contributed by atoms with van der Waals surface area (Å²) in [7, 11) is 1.50. The lowest BCUT2D eigenvalue weighted by Crippen LogP contribution is -2.36. The molecule has 0 saturated carbocycles. The molecule has 0 bridgehead atoms. The molecule has 1 saturated heterocycles. The van der Waals surface area contributed by atoms with Gasteiger partial charge in [0.05, 0.1) is 29.2 Å². The summed E-state index contributed by atoms with van der Waals surface area (Å²) >= 11 is 6.86. The van der Waals surface area contributed by atoms with Crippen molar-refractivity contribution in [3.63, 3.8) is 0 Å². The van der Waals surface area contributed by atoms with Crippen LogP contribution in [0, 0.1) is 0 Å². The van der Waals surface area contributed by atoms with Crippen molar-refractivity contribution in [1.82, 2.24) is 9.88 Å². The zero-order valence-electron chi connectivity index (χ0n) is 22.9. The number of carbonyl (C=O) groups is 4. The molecule has 10 nitrogen and oxygen atoms in total. The topological polar surface area (TPSA) is 124 Å². The molecule has 1 N–H and O–H groups in total. The van der Waals surface area contributed by atoms with Crippen LogP contribution in [0.4, 0.5) is 10.5 Å². The van der Waals surface area contributed by atoms with Gasteiger partial charge in [-0.25, -0.2) is 4.79 Å². The molecule has 0 radical (unpaired) electrons. The van der Waals surface area contributed by atoms with Crippen molar-refractivity contribution in [3.8, 4) is 11.5 Å². The van der Waals surface area contributed by atoms with Gasteiger partial charge in [-0.15, -0.1) is 0 Å². The number of amides is 3. The third-order valence-corrected chi connectivity index (χ3v) is 7.24. The Morgan fingerprint density at radius 2 is 1.86 bits per heavy atom. The Morgan fingerprint density at radius 3 is 2.60 bits per heavy atom. The Kier molecular flexibility index (Phi) is 10.6. The van der Waals surface area contributed by atoms with Gasteiger partial charge in [0, 0.05) is 18.1 Å². The fourth-order valence-electron chi connectivity index (χ4n) is 3.81. The van der Waals surface area contributed by atoms with Crippen molar-refractivity contribution in [3.05, 3.63) is 87.5 Å². The Balaban J connectivity index is 1.39. The molecule has 3 aromatic rings.